The molecule has 0 bridgehead atoms. The highest BCUT2D eigenvalue weighted by Crippen LogP contribution is 2.22. The molecule has 0 aliphatic heterocycles. The molecule has 2 aromatic rings. The molecule has 0 radical (unpaired) electrons. The molecule has 0 saturated heterocycles. The Morgan fingerprint density at radius 3 is 2.89 bits per heavy atom. The second-order valence-electron chi connectivity index (χ2n) is 4.58. The maximum absolute atomic E-state index is 6.05. The summed E-state index contributed by atoms with van der Waals surface area (Å²) in [6.07, 6.45) is 3.52. The Hall–Kier alpha value is -1.32. The lowest BCUT2D eigenvalue weighted by Gasteiger charge is -2.09. The summed E-state index contributed by atoms with van der Waals surface area (Å²) in [7, 11) is 0. The highest BCUT2D eigenvalue weighted by atomic mass is 16.5. The van der Waals surface area contributed by atoms with E-state index in [0.29, 0.717) is 6.61 Å². The van der Waals surface area contributed by atoms with Crippen LogP contribution in [0.15, 0.2) is 34.7 Å². The van der Waals surface area contributed by atoms with E-state index in [1.165, 1.54) is 12.8 Å². The zero-order valence-corrected chi connectivity index (χ0v) is 10.9. The fraction of sp³-hybridized carbons (Fsp3) is 0.467. The van der Waals surface area contributed by atoms with Crippen molar-refractivity contribution in [2.45, 2.75) is 32.2 Å². The standard InChI is InChI=1S/C15H21NO2/c1-2-3-6-9-17-11-13(16)15-10-12-7-4-5-8-14(12)18-15/h4-5,7-8,10,13H,2-3,6,9,11,16H2,1H3. The van der Waals surface area contributed by atoms with Gasteiger partial charge in [0.05, 0.1) is 12.6 Å². The molecular formula is C15H21NO2. The van der Waals surface area contributed by atoms with E-state index in [0.717, 1.165) is 29.8 Å². The first-order chi connectivity index (χ1) is 8.81. The molecule has 3 nitrogen and oxygen atoms in total. The van der Waals surface area contributed by atoms with Crippen molar-refractivity contribution in [1.82, 2.24) is 0 Å². The summed E-state index contributed by atoms with van der Waals surface area (Å²) in [4.78, 5) is 0. The summed E-state index contributed by atoms with van der Waals surface area (Å²) in [5, 5.41) is 1.09. The predicted octanol–water partition coefficient (Wildman–Crippen LogP) is 3.64. The van der Waals surface area contributed by atoms with Gasteiger partial charge in [0.25, 0.3) is 0 Å². The number of unbranched alkanes of at least 4 members (excludes halogenated alkanes) is 2. The smallest absolute Gasteiger partial charge is 0.134 e. The predicted molar refractivity (Wildman–Crippen MR) is 73.5 cm³/mol. The molecule has 1 atom stereocenters. The molecule has 1 aromatic heterocycles. The van der Waals surface area contributed by atoms with E-state index in [1.807, 2.05) is 30.3 Å². The van der Waals surface area contributed by atoms with Crippen molar-refractivity contribution in [3.63, 3.8) is 0 Å². The molecule has 0 aliphatic rings. The summed E-state index contributed by atoms with van der Waals surface area (Å²) in [6, 6.07) is 9.75. The number of hydrogen-bond donors (Lipinski definition) is 1. The maximum atomic E-state index is 6.05. The third-order valence-electron chi connectivity index (χ3n) is 3.00. The second-order valence-corrected chi connectivity index (χ2v) is 4.58. The van der Waals surface area contributed by atoms with Gasteiger partial charge in [-0.05, 0) is 18.6 Å². The zero-order valence-electron chi connectivity index (χ0n) is 10.9. The van der Waals surface area contributed by atoms with E-state index < -0.39 is 0 Å². The second kappa shape index (κ2) is 6.57. The van der Waals surface area contributed by atoms with Gasteiger partial charge < -0.3 is 14.9 Å². The largest absolute Gasteiger partial charge is 0.459 e. The van der Waals surface area contributed by atoms with Gasteiger partial charge in [-0.1, -0.05) is 38.0 Å². The van der Waals surface area contributed by atoms with Gasteiger partial charge in [0.15, 0.2) is 0 Å². The minimum atomic E-state index is -0.181. The van der Waals surface area contributed by atoms with Crippen LogP contribution in [0.2, 0.25) is 0 Å². The first-order valence-corrected chi connectivity index (χ1v) is 6.63. The third-order valence-corrected chi connectivity index (χ3v) is 3.00. The zero-order chi connectivity index (χ0) is 12.8. The number of para-hydroxylation sites is 1. The first kappa shape index (κ1) is 13.1. The Morgan fingerprint density at radius 2 is 2.11 bits per heavy atom. The Bertz CT molecular complexity index is 445. The average Bonchev–Trinajstić information content (AvgIpc) is 2.82. The van der Waals surface area contributed by atoms with Crippen molar-refractivity contribution in [2.24, 2.45) is 5.73 Å². The molecule has 0 spiro atoms. The third kappa shape index (κ3) is 3.34. The summed E-state index contributed by atoms with van der Waals surface area (Å²) < 4.78 is 11.3. The van der Waals surface area contributed by atoms with Crippen molar-refractivity contribution in [1.29, 1.82) is 0 Å². The van der Waals surface area contributed by atoms with Crippen molar-refractivity contribution in [3.05, 3.63) is 36.1 Å². The minimum Gasteiger partial charge on any atom is -0.459 e. The molecule has 0 saturated carbocycles. The number of hydrogen-bond acceptors (Lipinski definition) is 3. The lowest BCUT2D eigenvalue weighted by Crippen LogP contribution is -2.16. The van der Waals surface area contributed by atoms with Gasteiger partial charge in [-0.2, -0.15) is 0 Å². The Balaban J connectivity index is 1.86. The number of furan rings is 1. The molecule has 1 aromatic carbocycles. The maximum Gasteiger partial charge on any atom is 0.134 e. The molecule has 2 rings (SSSR count). The van der Waals surface area contributed by atoms with Crippen LogP contribution in [0.1, 0.15) is 38.0 Å². The number of nitrogens with two attached hydrogens (primary N) is 1. The normalized spacial score (nSPS) is 13.0. The van der Waals surface area contributed by atoms with Crippen LogP contribution in [0.25, 0.3) is 11.0 Å². The number of fused-ring (bicyclic) bond motifs is 1. The van der Waals surface area contributed by atoms with Gasteiger partial charge >= 0.3 is 0 Å². The van der Waals surface area contributed by atoms with Crippen LogP contribution in [0.5, 0.6) is 0 Å². The van der Waals surface area contributed by atoms with E-state index in [2.05, 4.69) is 6.92 Å². The van der Waals surface area contributed by atoms with E-state index in [4.69, 9.17) is 14.9 Å². The van der Waals surface area contributed by atoms with E-state index in [9.17, 15) is 0 Å². The fourth-order valence-corrected chi connectivity index (χ4v) is 1.93. The Labute approximate surface area is 108 Å². The monoisotopic (exact) mass is 247 g/mol. The fourth-order valence-electron chi connectivity index (χ4n) is 1.93. The van der Waals surface area contributed by atoms with Crippen LogP contribution >= 0.6 is 0 Å². The molecule has 1 heterocycles. The molecule has 18 heavy (non-hydrogen) atoms. The van der Waals surface area contributed by atoms with Crippen LogP contribution in [0.4, 0.5) is 0 Å². The lowest BCUT2D eigenvalue weighted by molar-refractivity contribution is 0.113. The van der Waals surface area contributed by atoms with Gasteiger partial charge in [0.1, 0.15) is 11.3 Å². The van der Waals surface area contributed by atoms with Crippen LogP contribution < -0.4 is 5.73 Å². The average molecular weight is 247 g/mol. The van der Waals surface area contributed by atoms with Gasteiger partial charge in [-0.3, -0.25) is 0 Å². The van der Waals surface area contributed by atoms with Crippen molar-refractivity contribution < 1.29 is 9.15 Å². The minimum absolute atomic E-state index is 0.181. The molecule has 2 N–H and O–H groups in total. The van der Waals surface area contributed by atoms with Crippen molar-refractivity contribution in [2.75, 3.05) is 13.2 Å². The molecular weight excluding hydrogens is 226 g/mol. The van der Waals surface area contributed by atoms with Crippen molar-refractivity contribution in [3.8, 4) is 0 Å². The lowest BCUT2D eigenvalue weighted by atomic mass is 10.2. The first-order valence-electron chi connectivity index (χ1n) is 6.63. The molecule has 3 heteroatoms. The molecule has 1 unspecified atom stereocenters. The number of benzene rings is 1. The molecule has 0 amide bonds. The van der Waals surface area contributed by atoms with E-state index in [-0.39, 0.29) is 6.04 Å². The summed E-state index contributed by atoms with van der Waals surface area (Å²) in [5.41, 5.74) is 6.94. The van der Waals surface area contributed by atoms with Gasteiger partial charge in [0.2, 0.25) is 0 Å². The van der Waals surface area contributed by atoms with Gasteiger partial charge in [-0.15, -0.1) is 0 Å². The molecule has 0 fully saturated rings. The van der Waals surface area contributed by atoms with E-state index >= 15 is 0 Å². The molecule has 98 valence electrons. The summed E-state index contributed by atoms with van der Waals surface area (Å²) in [6.45, 7) is 3.48. The van der Waals surface area contributed by atoms with E-state index in [1.54, 1.807) is 0 Å². The van der Waals surface area contributed by atoms with Gasteiger partial charge in [-0.25, -0.2) is 0 Å². The van der Waals surface area contributed by atoms with Crippen LogP contribution in [0.3, 0.4) is 0 Å². The summed E-state index contributed by atoms with van der Waals surface area (Å²) >= 11 is 0. The summed E-state index contributed by atoms with van der Waals surface area (Å²) in [5.74, 6) is 0.798. The van der Waals surface area contributed by atoms with Crippen molar-refractivity contribution >= 4 is 11.0 Å². The highest BCUT2D eigenvalue weighted by Gasteiger charge is 2.11. The highest BCUT2D eigenvalue weighted by molar-refractivity contribution is 5.77. The Kier molecular flexibility index (Phi) is 4.79. The quantitative estimate of drug-likeness (QED) is 0.760. The van der Waals surface area contributed by atoms with Crippen LogP contribution in [-0.4, -0.2) is 13.2 Å². The van der Waals surface area contributed by atoms with Crippen LogP contribution in [-0.2, 0) is 4.74 Å². The SMILES string of the molecule is CCCCCOCC(N)c1cc2ccccc2o1. The number of rotatable bonds is 7. The van der Waals surface area contributed by atoms with Crippen LogP contribution in [0, 0.1) is 0 Å². The molecule has 0 aliphatic carbocycles. The topological polar surface area (TPSA) is 48.4 Å². The Morgan fingerprint density at radius 1 is 1.28 bits per heavy atom. The number of ether oxygens (including phenoxy) is 1. The van der Waals surface area contributed by atoms with Gasteiger partial charge in [0, 0.05) is 12.0 Å².